The van der Waals surface area contributed by atoms with Gasteiger partial charge in [0.1, 0.15) is 5.82 Å². The van der Waals surface area contributed by atoms with Crippen LogP contribution in [0.4, 0.5) is 0 Å². The van der Waals surface area contributed by atoms with Crippen LogP contribution in [0.25, 0.3) is 11.3 Å². The Labute approximate surface area is 163 Å². The summed E-state index contributed by atoms with van der Waals surface area (Å²) in [6.45, 7) is 2.34. The topological polar surface area (TPSA) is 74.8 Å². The van der Waals surface area contributed by atoms with Crippen molar-refractivity contribution in [3.8, 4) is 17.3 Å². The van der Waals surface area contributed by atoms with E-state index in [-0.39, 0.29) is 11.8 Å². The predicted octanol–water partition coefficient (Wildman–Crippen LogP) is 3.08. The van der Waals surface area contributed by atoms with Crippen LogP contribution < -0.4 is 0 Å². The molecular weight excluding hydrogens is 350 g/mol. The number of hydrogen-bond acceptors (Lipinski definition) is 4. The number of rotatable bonds is 2. The number of amides is 1. The molecule has 1 fully saturated rings. The predicted molar refractivity (Wildman–Crippen MR) is 103 cm³/mol. The number of nitriles is 1. The van der Waals surface area contributed by atoms with Crippen molar-refractivity contribution < 1.29 is 4.79 Å². The molecule has 0 spiro atoms. The number of fused-ring (bicyclic) bond motifs is 3. The zero-order chi connectivity index (χ0) is 19.1. The third-order valence-electron chi connectivity index (χ3n) is 5.88. The Balaban J connectivity index is 1.42. The number of hydrogen-bond donors (Lipinski definition) is 0. The first-order valence-electron chi connectivity index (χ1n) is 9.50. The van der Waals surface area contributed by atoms with Gasteiger partial charge in [-0.15, -0.1) is 0 Å². The Bertz CT molecular complexity index is 1080. The molecule has 6 nitrogen and oxygen atoms in total. The standard InChI is InChI=1S/C22H19N5O/c23-11-15-2-1-3-17(10-15)22(28)26-13-18-6-9-27-20(16-4-7-24-8-5-16)12-25-21(27)19(18)14-26/h1-5,7-8,10,12,18-19H,6,9,13-14H2/t18-,19+/m0/s1. The summed E-state index contributed by atoms with van der Waals surface area (Å²) in [5.41, 5.74) is 3.33. The van der Waals surface area contributed by atoms with Crippen LogP contribution in [0.2, 0.25) is 0 Å². The van der Waals surface area contributed by atoms with Crippen LogP contribution in [0.15, 0.2) is 55.0 Å². The summed E-state index contributed by atoms with van der Waals surface area (Å²) in [5.74, 6) is 1.76. The highest BCUT2D eigenvalue weighted by molar-refractivity contribution is 5.94. The lowest BCUT2D eigenvalue weighted by Gasteiger charge is -2.26. The quantitative estimate of drug-likeness (QED) is 0.696. The van der Waals surface area contributed by atoms with Gasteiger partial charge in [0.2, 0.25) is 0 Å². The highest BCUT2D eigenvalue weighted by Gasteiger charge is 2.41. The Morgan fingerprint density at radius 1 is 1.18 bits per heavy atom. The third-order valence-corrected chi connectivity index (χ3v) is 5.88. The van der Waals surface area contributed by atoms with Gasteiger partial charge in [-0.3, -0.25) is 9.78 Å². The SMILES string of the molecule is N#Cc1cccc(C(=O)N2C[C@@H]3CCn4c(-c5ccncc5)cnc4[C@@H]3C2)c1. The van der Waals surface area contributed by atoms with E-state index >= 15 is 0 Å². The Morgan fingerprint density at radius 3 is 2.86 bits per heavy atom. The van der Waals surface area contributed by atoms with Gasteiger partial charge in [-0.1, -0.05) is 6.07 Å². The molecule has 1 aromatic carbocycles. The van der Waals surface area contributed by atoms with Gasteiger partial charge in [-0.2, -0.15) is 5.26 Å². The molecule has 4 heterocycles. The van der Waals surface area contributed by atoms with Gasteiger partial charge in [0.25, 0.3) is 5.91 Å². The normalized spacial score (nSPS) is 20.3. The molecule has 0 bridgehead atoms. The van der Waals surface area contributed by atoms with Gasteiger partial charge in [-0.05, 0) is 42.7 Å². The van der Waals surface area contributed by atoms with E-state index in [0.29, 0.717) is 23.6 Å². The van der Waals surface area contributed by atoms with Crippen molar-refractivity contribution in [3.63, 3.8) is 0 Å². The number of benzene rings is 1. The van der Waals surface area contributed by atoms with Gasteiger partial charge < -0.3 is 9.47 Å². The largest absolute Gasteiger partial charge is 0.338 e. The van der Waals surface area contributed by atoms with E-state index in [0.717, 1.165) is 36.6 Å². The summed E-state index contributed by atoms with van der Waals surface area (Å²) in [6.07, 6.45) is 6.57. The summed E-state index contributed by atoms with van der Waals surface area (Å²) < 4.78 is 2.29. The first-order chi connectivity index (χ1) is 13.7. The summed E-state index contributed by atoms with van der Waals surface area (Å²) in [4.78, 5) is 23.7. The zero-order valence-corrected chi connectivity index (χ0v) is 15.3. The Morgan fingerprint density at radius 2 is 2.04 bits per heavy atom. The fourth-order valence-corrected chi connectivity index (χ4v) is 4.50. The van der Waals surface area contributed by atoms with Gasteiger partial charge in [-0.25, -0.2) is 4.98 Å². The van der Waals surface area contributed by atoms with Crippen LogP contribution in [0, 0.1) is 17.2 Å². The molecular formula is C22H19N5O. The second-order valence-electron chi connectivity index (χ2n) is 7.45. The minimum atomic E-state index is -0.000960. The van der Waals surface area contributed by atoms with Crippen molar-refractivity contribution in [1.29, 1.82) is 5.26 Å². The van der Waals surface area contributed by atoms with E-state index < -0.39 is 0 Å². The molecule has 3 aromatic rings. The first kappa shape index (κ1) is 16.7. The molecule has 2 aliphatic rings. The maximum atomic E-state index is 13.0. The highest BCUT2D eigenvalue weighted by atomic mass is 16.2. The molecule has 0 aliphatic carbocycles. The van der Waals surface area contributed by atoms with Gasteiger partial charge >= 0.3 is 0 Å². The molecule has 6 heteroatoms. The van der Waals surface area contributed by atoms with Gasteiger partial charge in [0, 0.05) is 49.1 Å². The molecule has 0 unspecified atom stereocenters. The number of carbonyl (C=O) groups excluding carboxylic acids is 1. The van der Waals surface area contributed by atoms with Crippen LogP contribution in [-0.4, -0.2) is 38.4 Å². The zero-order valence-electron chi connectivity index (χ0n) is 15.3. The number of nitrogens with zero attached hydrogens (tertiary/aromatic N) is 5. The Kier molecular flexibility index (Phi) is 3.94. The molecule has 0 saturated carbocycles. The second-order valence-corrected chi connectivity index (χ2v) is 7.45. The minimum Gasteiger partial charge on any atom is -0.338 e. The van der Waals surface area contributed by atoms with Crippen LogP contribution in [-0.2, 0) is 6.54 Å². The van der Waals surface area contributed by atoms with E-state index in [1.54, 1.807) is 36.7 Å². The molecule has 1 amide bonds. The van der Waals surface area contributed by atoms with E-state index in [1.165, 1.54) is 0 Å². The minimum absolute atomic E-state index is 0.000960. The van der Waals surface area contributed by atoms with Crippen molar-refractivity contribution in [2.24, 2.45) is 5.92 Å². The van der Waals surface area contributed by atoms with E-state index in [9.17, 15) is 4.79 Å². The maximum absolute atomic E-state index is 13.0. The lowest BCUT2D eigenvalue weighted by Crippen LogP contribution is -2.28. The monoisotopic (exact) mass is 369 g/mol. The van der Waals surface area contributed by atoms with Crippen molar-refractivity contribution in [1.82, 2.24) is 19.4 Å². The third kappa shape index (κ3) is 2.67. The average Bonchev–Trinajstić information content (AvgIpc) is 3.37. The highest BCUT2D eigenvalue weighted by Crippen LogP contribution is 2.40. The molecule has 2 aromatic heterocycles. The van der Waals surface area contributed by atoms with Crippen molar-refractivity contribution in [3.05, 3.63) is 71.9 Å². The lowest BCUT2D eigenvalue weighted by molar-refractivity contribution is 0.0785. The molecule has 2 aliphatic heterocycles. The summed E-state index contributed by atoms with van der Waals surface area (Å²) >= 11 is 0. The number of aromatic nitrogens is 3. The van der Waals surface area contributed by atoms with Gasteiger partial charge in [0.15, 0.2) is 0 Å². The first-order valence-corrected chi connectivity index (χ1v) is 9.50. The maximum Gasteiger partial charge on any atom is 0.253 e. The fourth-order valence-electron chi connectivity index (χ4n) is 4.50. The van der Waals surface area contributed by atoms with E-state index in [2.05, 4.69) is 15.6 Å². The number of pyridine rings is 1. The van der Waals surface area contributed by atoms with Crippen LogP contribution >= 0.6 is 0 Å². The molecule has 0 radical (unpaired) electrons. The van der Waals surface area contributed by atoms with E-state index in [4.69, 9.17) is 10.2 Å². The summed E-state index contributed by atoms with van der Waals surface area (Å²) in [5, 5.41) is 9.09. The molecule has 1 saturated heterocycles. The molecule has 5 rings (SSSR count). The lowest BCUT2D eigenvalue weighted by atomic mass is 9.89. The average molecular weight is 369 g/mol. The van der Waals surface area contributed by atoms with Crippen molar-refractivity contribution >= 4 is 5.91 Å². The summed E-state index contributed by atoms with van der Waals surface area (Å²) in [6, 6.07) is 13.1. The van der Waals surface area contributed by atoms with Crippen LogP contribution in [0.1, 0.15) is 34.1 Å². The molecule has 28 heavy (non-hydrogen) atoms. The van der Waals surface area contributed by atoms with Crippen LogP contribution in [0.3, 0.4) is 0 Å². The fraction of sp³-hybridized carbons (Fsp3) is 0.273. The van der Waals surface area contributed by atoms with Crippen molar-refractivity contribution in [2.45, 2.75) is 18.9 Å². The summed E-state index contributed by atoms with van der Waals surface area (Å²) in [7, 11) is 0. The molecule has 2 atom stereocenters. The van der Waals surface area contributed by atoms with E-state index in [1.807, 2.05) is 23.2 Å². The van der Waals surface area contributed by atoms with Crippen molar-refractivity contribution in [2.75, 3.05) is 13.1 Å². The smallest absolute Gasteiger partial charge is 0.253 e. The second kappa shape index (κ2) is 6.61. The Hall–Kier alpha value is -3.46. The van der Waals surface area contributed by atoms with Crippen LogP contribution in [0.5, 0.6) is 0 Å². The number of carbonyl (C=O) groups is 1. The number of imidazole rings is 1. The molecule has 0 N–H and O–H groups in total. The molecule has 138 valence electrons. The van der Waals surface area contributed by atoms with Gasteiger partial charge in [0.05, 0.1) is 23.5 Å². The number of likely N-dealkylation sites (tertiary alicyclic amines) is 1.